The van der Waals surface area contributed by atoms with Gasteiger partial charge in [0.15, 0.2) is 0 Å². The van der Waals surface area contributed by atoms with Crippen LogP contribution in [-0.4, -0.2) is 33.6 Å². The Bertz CT molecular complexity index is 1290. The molecule has 4 rings (SSSR count). The zero-order chi connectivity index (χ0) is 21.8. The number of ether oxygens (including phenoxy) is 1. The summed E-state index contributed by atoms with van der Waals surface area (Å²) in [5.74, 6) is 0.641. The van der Waals surface area contributed by atoms with Gasteiger partial charge in [-0.2, -0.15) is 0 Å². The molecule has 0 unspecified atom stereocenters. The molecule has 0 atom stereocenters. The maximum absolute atomic E-state index is 12.7. The summed E-state index contributed by atoms with van der Waals surface area (Å²) in [6.07, 6.45) is 4.17. The van der Waals surface area contributed by atoms with Gasteiger partial charge in [-0.1, -0.05) is 18.2 Å². The van der Waals surface area contributed by atoms with Gasteiger partial charge in [0.2, 0.25) is 5.91 Å². The molecule has 0 bridgehead atoms. The number of nitrogens with one attached hydrogen (secondary N) is 1. The zero-order valence-corrected chi connectivity index (χ0v) is 18.4. The highest BCUT2D eigenvalue weighted by atomic mass is 32.1. The minimum atomic E-state index is -0.1000. The van der Waals surface area contributed by atoms with Gasteiger partial charge in [0, 0.05) is 36.0 Å². The second-order valence-electron chi connectivity index (χ2n) is 7.34. The minimum absolute atomic E-state index is 0.0863. The summed E-state index contributed by atoms with van der Waals surface area (Å²) in [6, 6.07) is 9.72. The highest BCUT2D eigenvalue weighted by molar-refractivity contribution is 7.18. The molecule has 7 nitrogen and oxygen atoms in total. The van der Waals surface area contributed by atoms with Crippen molar-refractivity contribution in [2.24, 2.45) is 0 Å². The van der Waals surface area contributed by atoms with Crippen LogP contribution in [0.4, 0.5) is 0 Å². The molecule has 1 N–H and O–H groups in total. The Hall–Kier alpha value is -3.26. The van der Waals surface area contributed by atoms with Crippen molar-refractivity contribution in [2.45, 2.75) is 33.2 Å². The van der Waals surface area contributed by atoms with Crippen LogP contribution in [0.25, 0.3) is 21.1 Å². The van der Waals surface area contributed by atoms with Crippen molar-refractivity contribution in [3.05, 3.63) is 63.7 Å². The van der Waals surface area contributed by atoms with Crippen molar-refractivity contribution in [3.63, 3.8) is 0 Å². The third kappa shape index (κ3) is 4.59. The molecule has 1 aromatic carbocycles. The molecule has 0 saturated carbocycles. The summed E-state index contributed by atoms with van der Waals surface area (Å²) in [6.45, 7) is 5.21. The number of nitrogens with zero attached hydrogens (tertiary/aromatic N) is 3. The van der Waals surface area contributed by atoms with E-state index in [0.717, 1.165) is 31.9 Å². The Morgan fingerprint density at radius 2 is 2.03 bits per heavy atom. The van der Waals surface area contributed by atoms with Crippen molar-refractivity contribution in [2.75, 3.05) is 13.2 Å². The van der Waals surface area contributed by atoms with Crippen LogP contribution in [-0.2, 0) is 11.3 Å². The van der Waals surface area contributed by atoms with Gasteiger partial charge in [-0.25, -0.2) is 4.98 Å². The number of para-hydroxylation sites is 1. The first-order chi connectivity index (χ1) is 15.0. The molecule has 0 aliphatic carbocycles. The fourth-order valence-corrected chi connectivity index (χ4v) is 4.40. The molecule has 0 saturated heterocycles. The van der Waals surface area contributed by atoms with Crippen LogP contribution in [0.2, 0.25) is 0 Å². The van der Waals surface area contributed by atoms with Crippen molar-refractivity contribution >= 4 is 38.4 Å². The topological polar surface area (TPSA) is 86.1 Å². The standard InChI is InChI=1S/C23H24N4O3S/c1-15-16(2)31-22-20(15)23(29)27(14-26-22)12-9-19(28)24-11-5-13-30-18-8-3-6-17-7-4-10-25-21(17)18/h3-4,6-8,10,14H,5,9,11-13H2,1-2H3,(H,24,28). The number of carbonyl (C=O) groups is 1. The SMILES string of the molecule is Cc1sc2ncn(CCC(=O)NCCCOc3cccc4cccnc34)c(=O)c2c1C. The molecular formula is C23H24N4O3S. The average Bonchev–Trinajstić information content (AvgIpc) is 3.07. The number of hydrogen-bond donors (Lipinski definition) is 1. The van der Waals surface area contributed by atoms with Gasteiger partial charge in [-0.05, 0) is 38.0 Å². The number of benzene rings is 1. The molecule has 0 spiro atoms. The van der Waals surface area contributed by atoms with E-state index in [1.807, 2.05) is 44.2 Å². The third-order valence-corrected chi connectivity index (χ3v) is 6.35. The predicted molar refractivity (Wildman–Crippen MR) is 123 cm³/mol. The largest absolute Gasteiger partial charge is 0.491 e. The number of carbonyl (C=O) groups excluding carboxylic acids is 1. The molecule has 3 aromatic heterocycles. The normalized spacial score (nSPS) is 11.2. The van der Waals surface area contributed by atoms with Crippen molar-refractivity contribution in [3.8, 4) is 5.75 Å². The van der Waals surface area contributed by atoms with E-state index in [-0.39, 0.29) is 17.9 Å². The van der Waals surface area contributed by atoms with Crippen LogP contribution in [0.15, 0.2) is 47.7 Å². The summed E-state index contributed by atoms with van der Waals surface area (Å²) in [5, 5.41) is 4.57. The number of amides is 1. The molecule has 8 heteroatoms. The number of aryl methyl sites for hydroxylation is 3. The van der Waals surface area contributed by atoms with Crippen molar-refractivity contribution in [1.82, 2.24) is 19.9 Å². The number of pyridine rings is 1. The van der Waals surface area contributed by atoms with Gasteiger partial charge in [0.05, 0.1) is 18.3 Å². The van der Waals surface area contributed by atoms with Crippen molar-refractivity contribution in [1.29, 1.82) is 0 Å². The first-order valence-electron chi connectivity index (χ1n) is 10.2. The lowest BCUT2D eigenvalue weighted by Gasteiger charge is -2.10. The monoisotopic (exact) mass is 436 g/mol. The highest BCUT2D eigenvalue weighted by Gasteiger charge is 2.12. The molecule has 1 amide bonds. The molecular weight excluding hydrogens is 412 g/mol. The lowest BCUT2D eigenvalue weighted by molar-refractivity contribution is -0.121. The summed E-state index contributed by atoms with van der Waals surface area (Å²) >= 11 is 1.52. The van der Waals surface area contributed by atoms with E-state index in [1.54, 1.807) is 6.20 Å². The van der Waals surface area contributed by atoms with E-state index in [0.29, 0.717) is 31.5 Å². The number of hydrogen-bond acceptors (Lipinski definition) is 6. The fraction of sp³-hybridized carbons (Fsp3) is 0.304. The minimum Gasteiger partial charge on any atom is -0.491 e. The van der Waals surface area contributed by atoms with Crippen LogP contribution in [0.1, 0.15) is 23.3 Å². The van der Waals surface area contributed by atoms with E-state index in [9.17, 15) is 9.59 Å². The summed E-state index contributed by atoms with van der Waals surface area (Å²) in [4.78, 5) is 35.4. The molecule has 4 aromatic rings. The van der Waals surface area contributed by atoms with Crippen LogP contribution in [0, 0.1) is 13.8 Å². The predicted octanol–water partition coefficient (Wildman–Crippen LogP) is 3.60. The smallest absolute Gasteiger partial charge is 0.262 e. The van der Waals surface area contributed by atoms with Gasteiger partial charge in [-0.15, -0.1) is 11.3 Å². The van der Waals surface area contributed by atoms with Gasteiger partial charge in [-0.3, -0.25) is 19.1 Å². The molecule has 0 aliphatic rings. The van der Waals surface area contributed by atoms with Gasteiger partial charge >= 0.3 is 0 Å². The maximum Gasteiger partial charge on any atom is 0.262 e. The number of rotatable bonds is 8. The Labute approximate surface area is 183 Å². The van der Waals surface area contributed by atoms with Crippen LogP contribution in [0.3, 0.4) is 0 Å². The van der Waals surface area contributed by atoms with E-state index in [2.05, 4.69) is 15.3 Å². The zero-order valence-electron chi connectivity index (χ0n) is 17.6. The number of aromatic nitrogens is 3. The van der Waals surface area contributed by atoms with Gasteiger partial charge < -0.3 is 10.1 Å². The molecule has 31 heavy (non-hydrogen) atoms. The molecule has 0 aliphatic heterocycles. The van der Waals surface area contributed by atoms with E-state index >= 15 is 0 Å². The third-order valence-electron chi connectivity index (χ3n) is 5.23. The van der Waals surface area contributed by atoms with Crippen LogP contribution < -0.4 is 15.6 Å². The second kappa shape index (κ2) is 9.26. The van der Waals surface area contributed by atoms with Crippen LogP contribution >= 0.6 is 11.3 Å². The molecule has 3 heterocycles. The maximum atomic E-state index is 12.7. The Morgan fingerprint density at radius 3 is 2.90 bits per heavy atom. The summed E-state index contributed by atoms with van der Waals surface area (Å²) in [7, 11) is 0. The van der Waals surface area contributed by atoms with E-state index in [1.165, 1.54) is 22.2 Å². The van der Waals surface area contributed by atoms with E-state index in [4.69, 9.17) is 4.74 Å². The first kappa shape index (κ1) is 21.0. The van der Waals surface area contributed by atoms with Gasteiger partial charge in [0.25, 0.3) is 5.56 Å². The Kier molecular flexibility index (Phi) is 6.27. The van der Waals surface area contributed by atoms with E-state index < -0.39 is 0 Å². The second-order valence-corrected chi connectivity index (χ2v) is 8.54. The summed E-state index contributed by atoms with van der Waals surface area (Å²) < 4.78 is 7.35. The molecule has 0 fully saturated rings. The molecule has 160 valence electrons. The van der Waals surface area contributed by atoms with Crippen molar-refractivity contribution < 1.29 is 9.53 Å². The average molecular weight is 437 g/mol. The molecule has 0 radical (unpaired) electrons. The van der Waals surface area contributed by atoms with Crippen LogP contribution in [0.5, 0.6) is 5.75 Å². The quantitative estimate of drug-likeness (QED) is 0.427. The lowest BCUT2D eigenvalue weighted by atomic mass is 10.2. The first-order valence-corrected chi connectivity index (χ1v) is 11.0. The summed E-state index contributed by atoms with van der Waals surface area (Å²) in [5.41, 5.74) is 1.72. The fourth-order valence-electron chi connectivity index (χ4n) is 3.41. The number of thiophene rings is 1. The Balaban J connectivity index is 1.24. The highest BCUT2D eigenvalue weighted by Crippen LogP contribution is 2.25. The Morgan fingerprint density at radius 1 is 1.19 bits per heavy atom. The van der Waals surface area contributed by atoms with Gasteiger partial charge in [0.1, 0.15) is 16.1 Å². The lowest BCUT2D eigenvalue weighted by Crippen LogP contribution is -2.28. The number of fused-ring (bicyclic) bond motifs is 2.